The summed E-state index contributed by atoms with van der Waals surface area (Å²) in [7, 11) is 4.20. The quantitative estimate of drug-likeness (QED) is 0.290. The summed E-state index contributed by atoms with van der Waals surface area (Å²) in [5, 5.41) is 7.12. The van der Waals surface area contributed by atoms with Gasteiger partial charge in [0.15, 0.2) is 5.96 Å². The van der Waals surface area contributed by atoms with Crippen molar-refractivity contribution in [3.63, 3.8) is 0 Å². The van der Waals surface area contributed by atoms with Gasteiger partial charge in [0, 0.05) is 38.3 Å². The summed E-state index contributed by atoms with van der Waals surface area (Å²) in [6, 6.07) is 20.5. The van der Waals surface area contributed by atoms with Gasteiger partial charge >= 0.3 is 0 Å². The minimum atomic E-state index is 0. The Kier molecular flexibility index (Phi) is 11.5. The van der Waals surface area contributed by atoms with Crippen molar-refractivity contribution < 1.29 is 0 Å². The molecule has 32 heavy (non-hydrogen) atoms. The molecule has 2 atom stereocenters. The largest absolute Gasteiger partial charge is 0.357 e. The van der Waals surface area contributed by atoms with Crippen LogP contribution in [0.15, 0.2) is 59.6 Å². The summed E-state index contributed by atoms with van der Waals surface area (Å²) >= 11 is 0. The number of nitrogens with zero attached hydrogens (tertiary/aromatic N) is 3. The Morgan fingerprint density at radius 3 is 2.47 bits per heavy atom. The maximum atomic E-state index is 4.88. The Morgan fingerprint density at radius 2 is 1.78 bits per heavy atom. The molecule has 0 aromatic heterocycles. The third-order valence-electron chi connectivity index (χ3n) is 5.84. The van der Waals surface area contributed by atoms with Crippen molar-refractivity contribution in [1.29, 1.82) is 0 Å². The summed E-state index contributed by atoms with van der Waals surface area (Å²) in [5.74, 6) is 0.925. The standard InChI is InChI=1S/C26H39N5.HI/c1-5-27-26(28-18-23-12-9-13-24(17-23)19-30(3)4)29-25-14-15-31(21(2)16-25)20-22-10-7-6-8-11-22;/h6-13,17,21,25H,5,14-16,18-20H2,1-4H3,(H2,27,28,29);1H. The lowest BCUT2D eigenvalue weighted by Crippen LogP contribution is -2.51. The molecule has 0 radical (unpaired) electrons. The first-order chi connectivity index (χ1) is 15.0. The minimum Gasteiger partial charge on any atom is -0.357 e. The van der Waals surface area contributed by atoms with Crippen molar-refractivity contribution in [3.8, 4) is 0 Å². The predicted molar refractivity (Wildman–Crippen MR) is 147 cm³/mol. The molecular formula is C26H40IN5. The highest BCUT2D eigenvalue weighted by atomic mass is 127. The van der Waals surface area contributed by atoms with Crippen molar-refractivity contribution in [1.82, 2.24) is 20.4 Å². The van der Waals surface area contributed by atoms with Gasteiger partial charge in [-0.3, -0.25) is 4.90 Å². The van der Waals surface area contributed by atoms with Gasteiger partial charge in [0.05, 0.1) is 6.54 Å². The van der Waals surface area contributed by atoms with E-state index in [1.165, 1.54) is 16.7 Å². The van der Waals surface area contributed by atoms with E-state index < -0.39 is 0 Å². The fourth-order valence-electron chi connectivity index (χ4n) is 4.28. The van der Waals surface area contributed by atoms with E-state index in [1.807, 2.05) is 0 Å². The second-order valence-corrected chi connectivity index (χ2v) is 8.92. The topological polar surface area (TPSA) is 42.9 Å². The van der Waals surface area contributed by atoms with E-state index in [0.29, 0.717) is 18.6 Å². The Balaban J connectivity index is 0.00000363. The minimum absolute atomic E-state index is 0. The van der Waals surface area contributed by atoms with Gasteiger partial charge < -0.3 is 15.5 Å². The fourth-order valence-corrected chi connectivity index (χ4v) is 4.28. The molecule has 3 rings (SSSR count). The number of likely N-dealkylation sites (tertiary alicyclic amines) is 1. The maximum Gasteiger partial charge on any atom is 0.191 e. The lowest BCUT2D eigenvalue weighted by molar-refractivity contribution is 0.134. The van der Waals surface area contributed by atoms with Gasteiger partial charge in [-0.05, 0) is 57.5 Å². The molecule has 2 aromatic carbocycles. The van der Waals surface area contributed by atoms with Crippen LogP contribution in [0.25, 0.3) is 0 Å². The number of rotatable bonds is 8. The monoisotopic (exact) mass is 549 g/mol. The second-order valence-electron chi connectivity index (χ2n) is 8.92. The van der Waals surface area contributed by atoms with Gasteiger partial charge in [0.2, 0.25) is 0 Å². The van der Waals surface area contributed by atoms with Crippen LogP contribution < -0.4 is 10.6 Å². The number of hydrogen-bond donors (Lipinski definition) is 2. The van der Waals surface area contributed by atoms with Gasteiger partial charge in [0.25, 0.3) is 0 Å². The first-order valence-corrected chi connectivity index (χ1v) is 11.6. The third kappa shape index (κ3) is 8.71. The molecule has 176 valence electrons. The molecule has 2 N–H and O–H groups in total. The van der Waals surface area contributed by atoms with E-state index in [2.05, 4.69) is 103 Å². The summed E-state index contributed by atoms with van der Waals surface area (Å²) in [4.78, 5) is 9.66. The SMILES string of the molecule is CCNC(=NCc1cccc(CN(C)C)c1)NC1CCN(Cc2ccccc2)C(C)C1.I. The predicted octanol–water partition coefficient (Wildman–Crippen LogP) is 4.47. The molecule has 5 nitrogen and oxygen atoms in total. The molecule has 1 heterocycles. The molecular weight excluding hydrogens is 509 g/mol. The maximum absolute atomic E-state index is 4.88. The number of nitrogens with one attached hydrogen (secondary N) is 2. The lowest BCUT2D eigenvalue weighted by Gasteiger charge is -2.38. The molecule has 0 spiro atoms. The van der Waals surface area contributed by atoms with Crippen molar-refractivity contribution in [2.75, 3.05) is 27.2 Å². The Hall–Kier alpha value is -1.64. The summed E-state index contributed by atoms with van der Waals surface area (Å²) in [5.41, 5.74) is 3.98. The van der Waals surface area contributed by atoms with E-state index in [9.17, 15) is 0 Å². The molecule has 0 aliphatic carbocycles. The van der Waals surface area contributed by atoms with Crippen molar-refractivity contribution in [3.05, 3.63) is 71.3 Å². The Morgan fingerprint density at radius 1 is 1.06 bits per heavy atom. The summed E-state index contributed by atoms with van der Waals surface area (Å²) in [6.07, 6.45) is 2.27. The van der Waals surface area contributed by atoms with Crippen molar-refractivity contribution in [2.45, 2.75) is 58.4 Å². The first kappa shape index (κ1) is 26.6. The number of piperidine rings is 1. The summed E-state index contributed by atoms with van der Waals surface area (Å²) in [6.45, 7) is 9.13. The highest BCUT2D eigenvalue weighted by molar-refractivity contribution is 14.0. The molecule has 2 aromatic rings. The molecule has 1 aliphatic heterocycles. The molecule has 0 saturated carbocycles. The van der Waals surface area contributed by atoms with Crippen LogP contribution >= 0.6 is 24.0 Å². The molecule has 0 amide bonds. The van der Waals surface area contributed by atoms with E-state index in [-0.39, 0.29) is 24.0 Å². The van der Waals surface area contributed by atoms with Crippen LogP contribution in [0.5, 0.6) is 0 Å². The lowest BCUT2D eigenvalue weighted by atomic mass is 9.97. The van der Waals surface area contributed by atoms with Crippen LogP contribution in [-0.4, -0.2) is 55.0 Å². The zero-order valence-corrected chi connectivity index (χ0v) is 22.4. The number of aliphatic imine (C=N–C) groups is 1. The van der Waals surface area contributed by atoms with Crippen LogP contribution in [-0.2, 0) is 19.6 Å². The molecule has 1 saturated heterocycles. The first-order valence-electron chi connectivity index (χ1n) is 11.6. The average molecular weight is 550 g/mol. The number of halogens is 1. The Labute approximate surface area is 211 Å². The number of guanidine groups is 1. The molecule has 0 bridgehead atoms. The van der Waals surface area contributed by atoms with Crippen molar-refractivity contribution >= 4 is 29.9 Å². The van der Waals surface area contributed by atoms with Crippen LogP contribution in [0.1, 0.15) is 43.4 Å². The number of benzene rings is 2. The Bertz CT molecular complexity index is 824. The molecule has 1 aliphatic rings. The number of hydrogen-bond acceptors (Lipinski definition) is 3. The normalized spacial score (nSPS) is 19.5. The van der Waals surface area contributed by atoms with Crippen LogP contribution in [0.2, 0.25) is 0 Å². The molecule has 6 heteroatoms. The zero-order valence-electron chi connectivity index (χ0n) is 20.1. The fraction of sp³-hybridized carbons (Fsp3) is 0.500. The van der Waals surface area contributed by atoms with Gasteiger partial charge in [-0.25, -0.2) is 4.99 Å². The van der Waals surface area contributed by atoms with Gasteiger partial charge in [-0.1, -0.05) is 54.6 Å². The average Bonchev–Trinajstić information content (AvgIpc) is 2.75. The molecule has 1 fully saturated rings. The summed E-state index contributed by atoms with van der Waals surface area (Å²) < 4.78 is 0. The van der Waals surface area contributed by atoms with E-state index >= 15 is 0 Å². The van der Waals surface area contributed by atoms with Crippen LogP contribution in [0.4, 0.5) is 0 Å². The van der Waals surface area contributed by atoms with Gasteiger partial charge in [0.1, 0.15) is 0 Å². The van der Waals surface area contributed by atoms with E-state index in [1.54, 1.807) is 0 Å². The highest BCUT2D eigenvalue weighted by Crippen LogP contribution is 2.20. The van der Waals surface area contributed by atoms with Gasteiger partial charge in [-0.2, -0.15) is 0 Å². The third-order valence-corrected chi connectivity index (χ3v) is 5.84. The van der Waals surface area contributed by atoms with Gasteiger partial charge in [-0.15, -0.1) is 24.0 Å². The second kappa shape index (κ2) is 13.8. The smallest absolute Gasteiger partial charge is 0.191 e. The molecule has 2 unspecified atom stereocenters. The zero-order chi connectivity index (χ0) is 22.1. The van der Waals surface area contributed by atoms with Crippen molar-refractivity contribution in [2.24, 2.45) is 4.99 Å². The van der Waals surface area contributed by atoms with Crippen LogP contribution in [0.3, 0.4) is 0 Å². The van der Waals surface area contributed by atoms with Crippen LogP contribution in [0, 0.1) is 0 Å². The van der Waals surface area contributed by atoms with E-state index in [4.69, 9.17) is 4.99 Å². The highest BCUT2D eigenvalue weighted by Gasteiger charge is 2.25. The van der Waals surface area contributed by atoms with E-state index in [0.717, 1.165) is 45.0 Å².